The Bertz CT molecular complexity index is 859. The molecule has 0 aliphatic heterocycles. The first kappa shape index (κ1) is 18.6. The molecule has 7 nitrogen and oxygen atoms in total. The van der Waals surface area contributed by atoms with Crippen molar-refractivity contribution >= 4 is 27.6 Å². The molecule has 25 heavy (non-hydrogen) atoms. The standard InChI is InChI=1S/C17H18N2O5S/c1-12-3-9-15(10-4-12)25(22,23)18-11-16(20)19-14-7-5-13(6-8-14)17(21)24-2/h3-10,18H,11H2,1-2H3,(H,19,20). The predicted octanol–water partition coefficient (Wildman–Crippen LogP) is 1.70. The first-order valence-electron chi connectivity index (χ1n) is 7.36. The summed E-state index contributed by atoms with van der Waals surface area (Å²) in [5.41, 5.74) is 1.72. The van der Waals surface area contributed by atoms with Gasteiger partial charge in [-0.1, -0.05) is 17.7 Å². The number of nitrogens with one attached hydrogen (secondary N) is 2. The molecule has 0 saturated heterocycles. The average Bonchev–Trinajstić information content (AvgIpc) is 2.60. The Hall–Kier alpha value is -2.71. The molecular formula is C17H18N2O5S. The van der Waals surface area contributed by atoms with Crippen LogP contribution in [0.1, 0.15) is 15.9 Å². The zero-order valence-corrected chi connectivity index (χ0v) is 14.6. The molecule has 0 bridgehead atoms. The lowest BCUT2D eigenvalue weighted by Crippen LogP contribution is -2.32. The molecule has 132 valence electrons. The summed E-state index contributed by atoms with van der Waals surface area (Å²) < 4.78 is 31.0. The molecular weight excluding hydrogens is 344 g/mol. The number of hydrogen-bond donors (Lipinski definition) is 2. The number of esters is 1. The van der Waals surface area contributed by atoms with Gasteiger partial charge in [0.2, 0.25) is 15.9 Å². The van der Waals surface area contributed by atoms with Crippen LogP contribution in [0.25, 0.3) is 0 Å². The van der Waals surface area contributed by atoms with E-state index < -0.39 is 28.4 Å². The van der Waals surface area contributed by atoms with E-state index in [1.807, 2.05) is 6.92 Å². The summed E-state index contributed by atoms with van der Waals surface area (Å²) >= 11 is 0. The zero-order valence-electron chi connectivity index (χ0n) is 13.8. The van der Waals surface area contributed by atoms with Crippen molar-refractivity contribution in [1.29, 1.82) is 0 Å². The number of anilines is 1. The lowest BCUT2D eigenvalue weighted by atomic mass is 10.2. The van der Waals surface area contributed by atoms with E-state index in [9.17, 15) is 18.0 Å². The third-order valence-corrected chi connectivity index (χ3v) is 4.76. The Labute approximate surface area is 146 Å². The summed E-state index contributed by atoms with van der Waals surface area (Å²) in [6, 6.07) is 12.4. The molecule has 0 aliphatic carbocycles. The minimum Gasteiger partial charge on any atom is -0.465 e. The van der Waals surface area contributed by atoms with Gasteiger partial charge in [-0.3, -0.25) is 4.79 Å². The van der Waals surface area contributed by atoms with Crippen LogP contribution in [0.15, 0.2) is 53.4 Å². The van der Waals surface area contributed by atoms with Crippen molar-refractivity contribution in [2.75, 3.05) is 19.0 Å². The van der Waals surface area contributed by atoms with E-state index in [1.165, 1.54) is 43.5 Å². The van der Waals surface area contributed by atoms with Crippen molar-refractivity contribution in [3.8, 4) is 0 Å². The van der Waals surface area contributed by atoms with Crippen molar-refractivity contribution in [1.82, 2.24) is 4.72 Å². The topological polar surface area (TPSA) is 102 Å². The molecule has 0 aliphatic rings. The summed E-state index contributed by atoms with van der Waals surface area (Å²) in [5, 5.41) is 2.54. The van der Waals surface area contributed by atoms with Crippen LogP contribution in [0.3, 0.4) is 0 Å². The van der Waals surface area contributed by atoms with Gasteiger partial charge in [-0.05, 0) is 43.3 Å². The Kier molecular flexibility index (Phi) is 5.89. The van der Waals surface area contributed by atoms with E-state index >= 15 is 0 Å². The highest BCUT2D eigenvalue weighted by Gasteiger charge is 2.15. The van der Waals surface area contributed by atoms with Gasteiger partial charge in [-0.2, -0.15) is 0 Å². The minimum absolute atomic E-state index is 0.0910. The first-order valence-corrected chi connectivity index (χ1v) is 8.85. The summed E-state index contributed by atoms with van der Waals surface area (Å²) in [7, 11) is -2.48. The number of ether oxygens (including phenoxy) is 1. The lowest BCUT2D eigenvalue weighted by molar-refractivity contribution is -0.115. The molecule has 2 aromatic carbocycles. The molecule has 0 atom stereocenters. The average molecular weight is 362 g/mol. The quantitative estimate of drug-likeness (QED) is 0.762. The number of amides is 1. The highest BCUT2D eigenvalue weighted by Crippen LogP contribution is 2.11. The maximum atomic E-state index is 12.1. The number of carbonyl (C=O) groups is 2. The van der Waals surface area contributed by atoms with Gasteiger partial charge < -0.3 is 10.1 Å². The molecule has 1 amide bonds. The SMILES string of the molecule is COC(=O)c1ccc(NC(=O)CNS(=O)(=O)c2ccc(C)cc2)cc1. The van der Waals surface area contributed by atoms with E-state index in [0.717, 1.165) is 5.56 Å². The van der Waals surface area contributed by atoms with Gasteiger partial charge in [-0.25, -0.2) is 17.9 Å². The number of benzene rings is 2. The second kappa shape index (κ2) is 7.91. The predicted molar refractivity (Wildman–Crippen MR) is 92.8 cm³/mol. The smallest absolute Gasteiger partial charge is 0.337 e. The fourth-order valence-corrected chi connectivity index (χ4v) is 2.96. The fraction of sp³-hybridized carbons (Fsp3) is 0.176. The van der Waals surface area contributed by atoms with Gasteiger partial charge >= 0.3 is 5.97 Å². The van der Waals surface area contributed by atoms with E-state index in [2.05, 4.69) is 14.8 Å². The number of carbonyl (C=O) groups excluding carboxylic acids is 2. The van der Waals surface area contributed by atoms with E-state index in [-0.39, 0.29) is 4.90 Å². The highest BCUT2D eigenvalue weighted by atomic mass is 32.2. The van der Waals surface area contributed by atoms with Crippen molar-refractivity contribution in [3.63, 3.8) is 0 Å². The van der Waals surface area contributed by atoms with E-state index in [1.54, 1.807) is 12.1 Å². The maximum absolute atomic E-state index is 12.1. The largest absolute Gasteiger partial charge is 0.465 e. The molecule has 0 fully saturated rings. The van der Waals surface area contributed by atoms with Crippen LogP contribution in [-0.2, 0) is 19.6 Å². The Morgan fingerprint density at radius 3 is 2.16 bits per heavy atom. The van der Waals surface area contributed by atoms with Crippen LogP contribution in [0, 0.1) is 6.92 Å². The molecule has 0 spiro atoms. The van der Waals surface area contributed by atoms with Crippen molar-refractivity contribution in [2.24, 2.45) is 0 Å². The lowest BCUT2D eigenvalue weighted by Gasteiger charge is -2.08. The first-order chi connectivity index (χ1) is 11.8. The van der Waals surface area contributed by atoms with Crippen LogP contribution in [0.5, 0.6) is 0 Å². The monoisotopic (exact) mass is 362 g/mol. The van der Waals surface area contributed by atoms with E-state index in [0.29, 0.717) is 11.3 Å². The fourth-order valence-electron chi connectivity index (χ4n) is 1.97. The Balaban J connectivity index is 1.94. The third-order valence-electron chi connectivity index (χ3n) is 3.34. The van der Waals surface area contributed by atoms with Gasteiger partial charge in [0.15, 0.2) is 0 Å². The van der Waals surface area contributed by atoms with Crippen molar-refractivity contribution in [2.45, 2.75) is 11.8 Å². The van der Waals surface area contributed by atoms with Gasteiger partial charge in [0.25, 0.3) is 0 Å². The minimum atomic E-state index is -3.76. The molecule has 2 N–H and O–H groups in total. The Morgan fingerprint density at radius 1 is 1.00 bits per heavy atom. The summed E-state index contributed by atoms with van der Waals surface area (Å²) in [6.45, 7) is 1.44. The van der Waals surface area contributed by atoms with Gasteiger partial charge in [0.1, 0.15) is 0 Å². The molecule has 0 heterocycles. The van der Waals surface area contributed by atoms with Crippen LogP contribution >= 0.6 is 0 Å². The molecule has 2 aromatic rings. The van der Waals surface area contributed by atoms with Gasteiger partial charge in [-0.15, -0.1) is 0 Å². The molecule has 8 heteroatoms. The molecule has 0 radical (unpaired) electrons. The number of methoxy groups -OCH3 is 1. The number of aryl methyl sites for hydroxylation is 1. The second-order valence-electron chi connectivity index (χ2n) is 5.25. The van der Waals surface area contributed by atoms with Gasteiger partial charge in [0.05, 0.1) is 24.1 Å². The van der Waals surface area contributed by atoms with Crippen LogP contribution in [0.4, 0.5) is 5.69 Å². The number of sulfonamides is 1. The van der Waals surface area contributed by atoms with Crippen LogP contribution in [0.2, 0.25) is 0 Å². The number of rotatable bonds is 6. The van der Waals surface area contributed by atoms with Crippen LogP contribution < -0.4 is 10.0 Å². The molecule has 0 unspecified atom stereocenters. The number of hydrogen-bond acceptors (Lipinski definition) is 5. The van der Waals surface area contributed by atoms with Crippen LogP contribution in [-0.4, -0.2) is 33.9 Å². The van der Waals surface area contributed by atoms with Gasteiger partial charge in [0, 0.05) is 5.69 Å². The maximum Gasteiger partial charge on any atom is 0.337 e. The third kappa shape index (κ3) is 5.13. The Morgan fingerprint density at radius 2 is 1.60 bits per heavy atom. The molecule has 0 saturated carbocycles. The second-order valence-corrected chi connectivity index (χ2v) is 7.02. The summed E-state index contributed by atoms with van der Waals surface area (Å²) in [6.07, 6.45) is 0. The van der Waals surface area contributed by atoms with Crippen molar-refractivity contribution < 1.29 is 22.7 Å². The van der Waals surface area contributed by atoms with Crippen molar-refractivity contribution in [3.05, 3.63) is 59.7 Å². The zero-order chi connectivity index (χ0) is 18.4. The summed E-state index contributed by atoms with van der Waals surface area (Å²) in [5.74, 6) is -1.01. The molecule has 0 aromatic heterocycles. The van der Waals surface area contributed by atoms with E-state index in [4.69, 9.17) is 0 Å². The summed E-state index contributed by atoms with van der Waals surface area (Å²) in [4.78, 5) is 23.3. The normalized spacial score (nSPS) is 11.0. The molecule has 2 rings (SSSR count). The highest BCUT2D eigenvalue weighted by molar-refractivity contribution is 7.89.